The molecule has 0 aliphatic carbocycles. The maximum atomic E-state index is 10.6. The van der Waals surface area contributed by atoms with E-state index in [0.29, 0.717) is 11.5 Å². The third kappa shape index (κ3) is 7.53. The van der Waals surface area contributed by atoms with Gasteiger partial charge in [0.15, 0.2) is 0 Å². The summed E-state index contributed by atoms with van der Waals surface area (Å²) in [4.78, 5) is 10.6. The van der Waals surface area contributed by atoms with Crippen LogP contribution in [0.25, 0.3) is 0 Å². The molecule has 1 aromatic carbocycles. The van der Waals surface area contributed by atoms with E-state index >= 15 is 0 Å². The molecular formula is C14H23NO2. The van der Waals surface area contributed by atoms with Gasteiger partial charge in [-0.05, 0) is 50.6 Å². The molecule has 1 rings (SSSR count). The van der Waals surface area contributed by atoms with Crippen molar-refractivity contribution in [3.05, 3.63) is 35.4 Å². The molecule has 3 nitrogen and oxygen atoms in total. The molecule has 96 valence electrons. The molecular weight excluding hydrogens is 214 g/mol. The van der Waals surface area contributed by atoms with Gasteiger partial charge in [-0.15, -0.1) is 0 Å². The molecule has 0 atom stereocenters. The van der Waals surface area contributed by atoms with Crippen molar-refractivity contribution in [2.45, 2.75) is 26.7 Å². The summed E-state index contributed by atoms with van der Waals surface area (Å²) in [6.07, 6.45) is 2.17. The van der Waals surface area contributed by atoms with E-state index in [-0.39, 0.29) is 0 Å². The van der Waals surface area contributed by atoms with Crippen LogP contribution in [0.2, 0.25) is 0 Å². The van der Waals surface area contributed by atoms with E-state index in [1.165, 1.54) is 5.56 Å². The fourth-order valence-corrected chi connectivity index (χ4v) is 1.27. The molecule has 0 saturated carbocycles. The second kappa shape index (κ2) is 8.76. The summed E-state index contributed by atoms with van der Waals surface area (Å²) < 4.78 is 0. The number of nitrogens with one attached hydrogen (secondary N) is 1. The summed E-state index contributed by atoms with van der Waals surface area (Å²) in [5, 5.41) is 11.4. The van der Waals surface area contributed by atoms with Crippen LogP contribution >= 0.6 is 0 Å². The Bertz CT molecular complexity index is 317. The Hall–Kier alpha value is -1.35. The van der Waals surface area contributed by atoms with Crippen molar-refractivity contribution >= 4 is 5.97 Å². The third-order valence-corrected chi connectivity index (χ3v) is 2.21. The van der Waals surface area contributed by atoms with Crippen LogP contribution < -0.4 is 5.32 Å². The lowest BCUT2D eigenvalue weighted by Crippen LogP contribution is -1.97. The highest BCUT2D eigenvalue weighted by molar-refractivity contribution is 5.87. The molecule has 0 radical (unpaired) electrons. The van der Waals surface area contributed by atoms with E-state index in [2.05, 4.69) is 19.2 Å². The molecule has 0 bridgehead atoms. The number of aryl methyl sites for hydroxylation is 1. The maximum absolute atomic E-state index is 10.6. The summed E-state index contributed by atoms with van der Waals surface area (Å²) in [5.74, 6) is -0.172. The molecule has 0 aromatic heterocycles. The maximum Gasteiger partial charge on any atom is 0.335 e. The lowest BCUT2D eigenvalue weighted by Gasteiger charge is -2.04. The molecule has 0 amide bonds. The van der Waals surface area contributed by atoms with Crippen molar-refractivity contribution in [3.8, 4) is 0 Å². The molecule has 0 aliphatic heterocycles. The van der Waals surface area contributed by atoms with Gasteiger partial charge in [-0.1, -0.05) is 26.0 Å². The molecule has 2 N–H and O–H groups in total. The van der Waals surface area contributed by atoms with E-state index in [0.717, 1.165) is 12.8 Å². The van der Waals surface area contributed by atoms with Crippen LogP contribution in [0.5, 0.6) is 0 Å². The first-order valence-electron chi connectivity index (χ1n) is 5.92. The number of hydrogen-bond acceptors (Lipinski definition) is 2. The van der Waals surface area contributed by atoms with Gasteiger partial charge in [0.05, 0.1) is 5.56 Å². The Kier molecular flexibility index (Phi) is 8.07. The van der Waals surface area contributed by atoms with Gasteiger partial charge in [0.2, 0.25) is 0 Å². The Morgan fingerprint density at radius 1 is 1.24 bits per heavy atom. The normalized spacial score (nSPS) is 9.71. The number of rotatable bonds is 4. The zero-order chi connectivity index (χ0) is 13.3. The Labute approximate surface area is 104 Å². The first kappa shape index (κ1) is 15.7. The molecule has 0 unspecified atom stereocenters. The fourth-order valence-electron chi connectivity index (χ4n) is 1.27. The lowest BCUT2D eigenvalue weighted by molar-refractivity contribution is 0.0697. The van der Waals surface area contributed by atoms with E-state index in [4.69, 9.17) is 5.11 Å². The third-order valence-electron chi connectivity index (χ3n) is 2.21. The summed E-state index contributed by atoms with van der Waals surface area (Å²) in [6.45, 7) is 4.37. The topological polar surface area (TPSA) is 49.3 Å². The minimum Gasteiger partial charge on any atom is -0.478 e. The fraction of sp³-hybridized carbons (Fsp3) is 0.500. The average Bonchev–Trinajstić information content (AvgIpc) is 2.28. The SMILES string of the molecule is CC(C)CCc1ccc(C(=O)O)cc1.CNC. The van der Waals surface area contributed by atoms with Gasteiger partial charge in [-0.2, -0.15) is 0 Å². The zero-order valence-electron chi connectivity index (χ0n) is 11.2. The molecule has 0 fully saturated rings. The molecule has 1 aromatic rings. The Balaban J connectivity index is 0.000000770. The second-order valence-corrected chi connectivity index (χ2v) is 4.43. The first-order chi connectivity index (χ1) is 8.01. The van der Waals surface area contributed by atoms with Crippen molar-refractivity contribution in [2.24, 2.45) is 5.92 Å². The summed E-state index contributed by atoms with van der Waals surface area (Å²) in [6, 6.07) is 7.12. The lowest BCUT2D eigenvalue weighted by atomic mass is 10.0. The van der Waals surface area contributed by atoms with E-state index < -0.39 is 5.97 Å². The van der Waals surface area contributed by atoms with Gasteiger partial charge in [0.1, 0.15) is 0 Å². The first-order valence-corrected chi connectivity index (χ1v) is 5.92. The van der Waals surface area contributed by atoms with Gasteiger partial charge in [-0.3, -0.25) is 0 Å². The van der Waals surface area contributed by atoms with Crippen LogP contribution in [0.1, 0.15) is 36.2 Å². The average molecular weight is 237 g/mol. The summed E-state index contributed by atoms with van der Waals surface area (Å²) >= 11 is 0. The Morgan fingerprint density at radius 3 is 2.06 bits per heavy atom. The predicted octanol–water partition coefficient (Wildman–Crippen LogP) is 2.81. The van der Waals surface area contributed by atoms with E-state index in [1.54, 1.807) is 12.1 Å². The highest BCUT2D eigenvalue weighted by atomic mass is 16.4. The van der Waals surface area contributed by atoms with Gasteiger partial charge in [0, 0.05) is 0 Å². The van der Waals surface area contributed by atoms with Crippen molar-refractivity contribution in [1.29, 1.82) is 0 Å². The van der Waals surface area contributed by atoms with E-state index in [9.17, 15) is 4.79 Å². The molecule has 17 heavy (non-hydrogen) atoms. The quantitative estimate of drug-likeness (QED) is 0.846. The molecule has 0 saturated heterocycles. The van der Waals surface area contributed by atoms with Crippen LogP contribution in [0.4, 0.5) is 0 Å². The largest absolute Gasteiger partial charge is 0.478 e. The van der Waals surface area contributed by atoms with Crippen LogP contribution in [0, 0.1) is 5.92 Å². The minimum atomic E-state index is -0.861. The van der Waals surface area contributed by atoms with Gasteiger partial charge < -0.3 is 10.4 Å². The van der Waals surface area contributed by atoms with Crippen LogP contribution in [0.15, 0.2) is 24.3 Å². The monoisotopic (exact) mass is 237 g/mol. The van der Waals surface area contributed by atoms with Crippen molar-refractivity contribution in [1.82, 2.24) is 5.32 Å². The number of carboxylic acids is 1. The highest BCUT2D eigenvalue weighted by Crippen LogP contribution is 2.10. The van der Waals surface area contributed by atoms with Crippen molar-refractivity contribution in [3.63, 3.8) is 0 Å². The van der Waals surface area contributed by atoms with Gasteiger partial charge in [0.25, 0.3) is 0 Å². The number of carboxylic acid groups (broad SMARTS) is 1. The van der Waals surface area contributed by atoms with Crippen LogP contribution in [0.3, 0.4) is 0 Å². The van der Waals surface area contributed by atoms with Crippen molar-refractivity contribution in [2.75, 3.05) is 14.1 Å². The predicted molar refractivity (Wildman–Crippen MR) is 71.5 cm³/mol. The van der Waals surface area contributed by atoms with Crippen molar-refractivity contribution < 1.29 is 9.90 Å². The van der Waals surface area contributed by atoms with Gasteiger partial charge in [-0.25, -0.2) is 4.79 Å². The number of aromatic carboxylic acids is 1. The minimum absolute atomic E-state index is 0.360. The zero-order valence-corrected chi connectivity index (χ0v) is 11.2. The van der Waals surface area contributed by atoms with Crippen LogP contribution in [-0.4, -0.2) is 25.2 Å². The summed E-state index contributed by atoms with van der Waals surface area (Å²) in [5.41, 5.74) is 1.57. The second-order valence-electron chi connectivity index (χ2n) is 4.43. The van der Waals surface area contributed by atoms with E-state index in [1.807, 2.05) is 26.2 Å². The smallest absolute Gasteiger partial charge is 0.335 e. The highest BCUT2D eigenvalue weighted by Gasteiger charge is 2.02. The van der Waals surface area contributed by atoms with Gasteiger partial charge >= 0.3 is 5.97 Å². The Morgan fingerprint density at radius 2 is 1.71 bits per heavy atom. The molecule has 0 heterocycles. The standard InChI is InChI=1S/C12H16O2.C2H7N/c1-9(2)3-4-10-5-7-11(8-6-10)12(13)14;1-3-2/h5-9H,3-4H2,1-2H3,(H,13,14);3H,1-2H3. The number of benzene rings is 1. The number of hydrogen-bond donors (Lipinski definition) is 2. The molecule has 0 aliphatic rings. The molecule has 3 heteroatoms. The number of carbonyl (C=O) groups is 1. The van der Waals surface area contributed by atoms with Crippen LogP contribution in [-0.2, 0) is 6.42 Å². The summed E-state index contributed by atoms with van der Waals surface area (Å²) in [7, 11) is 3.75. The molecule has 0 spiro atoms.